The predicted molar refractivity (Wildman–Crippen MR) is 78.8 cm³/mol. The molecule has 1 atom stereocenters. The fraction of sp³-hybridized carbons (Fsp3) is 0.538. The lowest BCUT2D eigenvalue weighted by molar-refractivity contribution is -0.146. The van der Waals surface area contributed by atoms with Gasteiger partial charge in [0.25, 0.3) is 0 Å². The highest BCUT2D eigenvalue weighted by atomic mass is 79.9. The summed E-state index contributed by atoms with van der Waals surface area (Å²) in [5, 5.41) is 4.65. The van der Waals surface area contributed by atoms with Crippen LogP contribution < -0.4 is 5.32 Å². The minimum atomic E-state index is -0.352. The van der Waals surface area contributed by atoms with E-state index < -0.39 is 0 Å². The Morgan fingerprint density at radius 1 is 1.53 bits per heavy atom. The third-order valence-electron chi connectivity index (χ3n) is 3.11. The lowest BCUT2D eigenvalue weighted by atomic mass is 10.00. The van der Waals surface area contributed by atoms with Crippen molar-refractivity contribution >= 4 is 39.1 Å². The Hall–Kier alpha value is -0.880. The monoisotopic (exact) mass is 344 g/mol. The van der Waals surface area contributed by atoms with E-state index in [9.17, 15) is 9.59 Å². The molecule has 4 nitrogen and oxygen atoms in total. The van der Waals surface area contributed by atoms with Crippen molar-refractivity contribution in [3.05, 3.63) is 20.8 Å². The number of hydrogen-bond acceptors (Lipinski definition) is 3. The summed E-state index contributed by atoms with van der Waals surface area (Å²) in [5.41, 5.74) is 0. The minimum Gasteiger partial charge on any atom is -0.345 e. The highest BCUT2D eigenvalue weighted by Gasteiger charge is 2.35. The molecule has 1 saturated heterocycles. The molecule has 0 aliphatic carbocycles. The van der Waals surface area contributed by atoms with Crippen molar-refractivity contribution in [3.8, 4) is 0 Å². The van der Waals surface area contributed by atoms with E-state index >= 15 is 0 Å². The summed E-state index contributed by atoms with van der Waals surface area (Å²) in [6.45, 7) is 4.73. The van der Waals surface area contributed by atoms with Crippen molar-refractivity contribution in [3.63, 3.8) is 0 Å². The number of hydrogen-bond donors (Lipinski definition) is 1. The first-order valence-electron chi connectivity index (χ1n) is 6.28. The Bertz CT molecular complexity index is 487. The Morgan fingerprint density at radius 2 is 2.26 bits per heavy atom. The van der Waals surface area contributed by atoms with Gasteiger partial charge in [-0.05, 0) is 39.7 Å². The SMILES string of the molecule is CC(C)CC1C(=O)NCC(=O)N1Cc1sccc1Br. The highest BCUT2D eigenvalue weighted by molar-refractivity contribution is 9.10. The van der Waals surface area contributed by atoms with E-state index in [1.54, 1.807) is 16.2 Å². The molecule has 0 spiro atoms. The van der Waals surface area contributed by atoms with Gasteiger partial charge >= 0.3 is 0 Å². The zero-order valence-corrected chi connectivity index (χ0v) is 13.4. The molecular weight excluding hydrogens is 328 g/mol. The van der Waals surface area contributed by atoms with Gasteiger partial charge in [0.2, 0.25) is 11.8 Å². The fourth-order valence-electron chi connectivity index (χ4n) is 2.17. The zero-order chi connectivity index (χ0) is 14.0. The third-order valence-corrected chi connectivity index (χ3v) is 5.02. The lowest BCUT2D eigenvalue weighted by Crippen LogP contribution is -2.58. The molecule has 0 radical (unpaired) electrons. The normalized spacial score (nSPS) is 20.0. The molecule has 1 aromatic heterocycles. The van der Waals surface area contributed by atoms with Crippen molar-refractivity contribution in [1.82, 2.24) is 10.2 Å². The second-order valence-corrected chi connectivity index (χ2v) is 6.93. The molecule has 2 amide bonds. The van der Waals surface area contributed by atoms with Crippen LogP contribution in [-0.4, -0.2) is 29.3 Å². The second-order valence-electron chi connectivity index (χ2n) is 5.08. The summed E-state index contributed by atoms with van der Waals surface area (Å²) < 4.78 is 1.000. The van der Waals surface area contributed by atoms with Crippen LogP contribution in [-0.2, 0) is 16.1 Å². The molecule has 2 rings (SSSR count). The summed E-state index contributed by atoms with van der Waals surface area (Å²) >= 11 is 5.07. The number of nitrogens with zero attached hydrogens (tertiary/aromatic N) is 1. The summed E-state index contributed by atoms with van der Waals surface area (Å²) in [4.78, 5) is 26.8. The van der Waals surface area contributed by atoms with Gasteiger partial charge in [-0.1, -0.05) is 13.8 Å². The highest BCUT2D eigenvalue weighted by Crippen LogP contribution is 2.26. The van der Waals surface area contributed by atoms with Crippen molar-refractivity contribution in [2.45, 2.75) is 32.9 Å². The number of nitrogens with one attached hydrogen (secondary N) is 1. The molecule has 1 unspecified atom stereocenters. The van der Waals surface area contributed by atoms with E-state index in [2.05, 4.69) is 35.1 Å². The van der Waals surface area contributed by atoms with Gasteiger partial charge in [0.1, 0.15) is 6.04 Å². The number of amides is 2. The van der Waals surface area contributed by atoms with Gasteiger partial charge < -0.3 is 10.2 Å². The molecule has 0 bridgehead atoms. The fourth-order valence-corrected chi connectivity index (χ4v) is 3.64. The number of rotatable bonds is 4. The van der Waals surface area contributed by atoms with E-state index in [1.807, 2.05) is 11.4 Å². The number of thiophene rings is 1. The zero-order valence-electron chi connectivity index (χ0n) is 11.0. The molecule has 19 heavy (non-hydrogen) atoms. The maximum absolute atomic E-state index is 12.1. The molecule has 1 N–H and O–H groups in total. The minimum absolute atomic E-state index is 0.00875. The second kappa shape index (κ2) is 6.05. The molecule has 1 fully saturated rings. The maximum atomic E-state index is 12.1. The Balaban J connectivity index is 2.19. The van der Waals surface area contributed by atoms with Gasteiger partial charge in [-0.2, -0.15) is 0 Å². The predicted octanol–water partition coefficient (Wildman–Crippen LogP) is 2.38. The number of piperazine rings is 1. The molecule has 0 aromatic carbocycles. The van der Waals surface area contributed by atoms with Gasteiger partial charge in [0.15, 0.2) is 0 Å². The molecule has 1 aromatic rings. The number of carbonyl (C=O) groups is 2. The van der Waals surface area contributed by atoms with E-state index in [0.717, 1.165) is 9.35 Å². The van der Waals surface area contributed by atoms with Crippen LogP contribution in [0.25, 0.3) is 0 Å². The van der Waals surface area contributed by atoms with Gasteiger partial charge in [-0.25, -0.2) is 0 Å². The first-order valence-corrected chi connectivity index (χ1v) is 7.95. The molecule has 6 heteroatoms. The van der Waals surface area contributed by atoms with Crippen LogP contribution in [0, 0.1) is 5.92 Å². The van der Waals surface area contributed by atoms with Gasteiger partial charge in [0.05, 0.1) is 13.1 Å². The smallest absolute Gasteiger partial charge is 0.243 e. The number of halogens is 1. The molecule has 1 aliphatic heterocycles. The largest absolute Gasteiger partial charge is 0.345 e. The van der Waals surface area contributed by atoms with Crippen LogP contribution in [0.2, 0.25) is 0 Å². The molecule has 1 aliphatic rings. The topological polar surface area (TPSA) is 49.4 Å². The van der Waals surface area contributed by atoms with Crippen molar-refractivity contribution in [2.24, 2.45) is 5.92 Å². The van der Waals surface area contributed by atoms with E-state index in [-0.39, 0.29) is 24.4 Å². The maximum Gasteiger partial charge on any atom is 0.243 e. The summed E-state index contributed by atoms with van der Waals surface area (Å²) in [7, 11) is 0. The van der Waals surface area contributed by atoms with Crippen LogP contribution in [0.4, 0.5) is 0 Å². The average Bonchev–Trinajstić information content (AvgIpc) is 2.74. The first kappa shape index (κ1) is 14.5. The molecular formula is C13H17BrN2O2S. The van der Waals surface area contributed by atoms with Gasteiger partial charge in [-0.15, -0.1) is 11.3 Å². The van der Waals surface area contributed by atoms with E-state index in [1.165, 1.54) is 0 Å². The molecule has 0 saturated carbocycles. The van der Waals surface area contributed by atoms with E-state index in [4.69, 9.17) is 0 Å². The quantitative estimate of drug-likeness (QED) is 0.911. The average molecular weight is 345 g/mol. The van der Waals surface area contributed by atoms with Crippen LogP contribution >= 0.6 is 27.3 Å². The first-order chi connectivity index (χ1) is 8.99. The Morgan fingerprint density at radius 3 is 2.84 bits per heavy atom. The lowest BCUT2D eigenvalue weighted by Gasteiger charge is -2.35. The van der Waals surface area contributed by atoms with Crippen LogP contribution in [0.5, 0.6) is 0 Å². The van der Waals surface area contributed by atoms with Crippen LogP contribution in [0.1, 0.15) is 25.1 Å². The molecule has 104 valence electrons. The van der Waals surface area contributed by atoms with Crippen molar-refractivity contribution < 1.29 is 9.59 Å². The number of carbonyl (C=O) groups excluding carboxylic acids is 2. The molecule has 2 heterocycles. The third kappa shape index (κ3) is 3.36. The van der Waals surface area contributed by atoms with E-state index in [0.29, 0.717) is 18.9 Å². The van der Waals surface area contributed by atoms with Gasteiger partial charge in [0, 0.05) is 9.35 Å². The Kier molecular flexibility index (Phi) is 4.62. The summed E-state index contributed by atoms with van der Waals surface area (Å²) in [6, 6.07) is 1.61. The Labute approximate surface area is 125 Å². The summed E-state index contributed by atoms with van der Waals surface area (Å²) in [5.74, 6) is 0.322. The van der Waals surface area contributed by atoms with Crippen molar-refractivity contribution in [1.29, 1.82) is 0 Å². The van der Waals surface area contributed by atoms with Gasteiger partial charge in [-0.3, -0.25) is 9.59 Å². The standard InChI is InChI=1S/C13H17BrN2O2S/c1-8(2)5-10-13(18)15-6-12(17)16(10)7-11-9(14)3-4-19-11/h3-4,8,10H,5-7H2,1-2H3,(H,15,18). The summed E-state index contributed by atoms with van der Waals surface area (Å²) in [6.07, 6.45) is 0.695. The van der Waals surface area contributed by atoms with Crippen LogP contribution in [0.15, 0.2) is 15.9 Å². The van der Waals surface area contributed by atoms with Crippen LogP contribution in [0.3, 0.4) is 0 Å². The van der Waals surface area contributed by atoms with Crippen molar-refractivity contribution in [2.75, 3.05) is 6.54 Å².